The largest absolute Gasteiger partial charge is 0.480 e. The average molecular weight is 286 g/mol. The third kappa shape index (κ3) is 8.91. The lowest BCUT2D eigenvalue weighted by atomic mass is 10.0. The second kappa shape index (κ2) is 10.7. The first kappa shape index (κ1) is 18.9. The fraction of sp³-hybridized carbons (Fsp3) is 0.867. The molecule has 1 amide bonds. The number of aliphatic carboxylic acids is 1. The minimum Gasteiger partial charge on any atom is -0.480 e. The minimum atomic E-state index is -0.953. The molecule has 0 aliphatic heterocycles. The second-order valence-electron chi connectivity index (χ2n) is 5.63. The highest BCUT2D eigenvalue weighted by Gasteiger charge is 2.21. The van der Waals surface area contributed by atoms with E-state index in [-0.39, 0.29) is 11.8 Å². The van der Waals surface area contributed by atoms with E-state index in [1.165, 1.54) is 0 Å². The first-order valence-electron chi connectivity index (χ1n) is 7.65. The zero-order valence-electron chi connectivity index (χ0n) is 13.3. The van der Waals surface area contributed by atoms with Crippen molar-refractivity contribution in [2.75, 3.05) is 19.6 Å². The summed E-state index contributed by atoms with van der Waals surface area (Å²) in [7, 11) is 0. The van der Waals surface area contributed by atoms with Gasteiger partial charge in [-0.3, -0.25) is 4.79 Å². The van der Waals surface area contributed by atoms with Gasteiger partial charge in [-0.15, -0.1) is 0 Å². The molecule has 0 saturated heterocycles. The van der Waals surface area contributed by atoms with Crippen LogP contribution in [0.2, 0.25) is 0 Å². The van der Waals surface area contributed by atoms with Crippen LogP contribution in [0.1, 0.15) is 53.4 Å². The van der Waals surface area contributed by atoms with E-state index >= 15 is 0 Å². The van der Waals surface area contributed by atoms with Gasteiger partial charge in [0.05, 0.1) is 0 Å². The highest BCUT2D eigenvalue weighted by molar-refractivity contribution is 5.83. The maximum atomic E-state index is 11.8. The first-order chi connectivity index (χ1) is 9.40. The number of carbonyl (C=O) groups excluding carboxylic acids is 1. The van der Waals surface area contributed by atoms with Gasteiger partial charge in [0.25, 0.3) is 0 Å². The molecule has 20 heavy (non-hydrogen) atoms. The summed E-state index contributed by atoms with van der Waals surface area (Å²) in [5.41, 5.74) is 0. The molecule has 5 nitrogen and oxygen atoms in total. The second-order valence-corrected chi connectivity index (χ2v) is 5.63. The van der Waals surface area contributed by atoms with Gasteiger partial charge in [0.1, 0.15) is 6.04 Å². The van der Waals surface area contributed by atoms with Gasteiger partial charge >= 0.3 is 5.97 Å². The molecule has 0 aromatic heterocycles. The number of hydrogen-bond donors (Lipinski definition) is 2. The van der Waals surface area contributed by atoms with E-state index in [4.69, 9.17) is 5.11 Å². The maximum Gasteiger partial charge on any atom is 0.326 e. The molecule has 0 rings (SSSR count). The van der Waals surface area contributed by atoms with E-state index in [1.54, 1.807) is 0 Å². The summed E-state index contributed by atoms with van der Waals surface area (Å²) in [6, 6.07) is -0.770. The summed E-state index contributed by atoms with van der Waals surface area (Å²) < 4.78 is 0. The molecular formula is C15H30N2O3. The number of carboxylic acid groups (broad SMARTS) is 1. The van der Waals surface area contributed by atoms with Gasteiger partial charge in [-0.2, -0.15) is 0 Å². The molecule has 0 aliphatic carbocycles. The topological polar surface area (TPSA) is 69.6 Å². The third-order valence-electron chi connectivity index (χ3n) is 3.27. The fourth-order valence-corrected chi connectivity index (χ4v) is 2.03. The number of rotatable bonds is 11. The summed E-state index contributed by atoms with van der Waals surface area (Å²) >= 11 is 0. The van der Waals surface area contributed by atoms with E-state index in [1.807, 2.05) is 13.8 Å². The van der Waals surface area contributed by atoms with Gasteiger partial charge in [-0.1, -0.05) is 34.1 Å². The van der Waals surface area contributed by atoms with Crippen molar-refractivity contribution in [1.29, 1.82) is 0 Å². The molecule has 0 fully saturated rings. The number of carboxylic acids is 1. The van der Waals surface area contributed by atoms with Crippen LogP contribution in [-0.2, 0) is 9.59 Å². The summed E-state index contributed by atoms with van der Waals surface area (Å²) in [4.78, 5) is 25.1. The van der Waals surface area contributed by atoms with Crippen LogP contribution in [0.25, 0.3) is 0 Å². The van der Waals surface area contributed by atoms with Crippen LogP contribution in [0.4, 0.5) is 0 Å². The van der Waals surface area contributed by atoms with Crippen molar-refractivity contribution >= 4 is 11.9 Å². The van der Waals surface area contributed by atoms with Crippen molar-refractivity contribution in [3.8, 4) is 0 Å². The molecule has 0 bridgehead atoms. The highest BCUT2D eigenvalue weighted by atomic mass is 16.4. The Morgan fingerprint density at radius 3 is 2.30 bits per heavy atom. The molecule has 1 atom stereocenters. The van der Waals surface area contributed by atoms with Crippen LogP contribution in [0.3, 0.4) is 0 Å². The van der Waals surface area contributed by atoms with Gasteiger partial charge in [-0.05, 0) is 31.8 Å². The molecule has 0 aliphatic rings. The molecule has 0 heterocycles. The summed E-state index contributed by atoms with van der Waals surface area (Å²) in [6.45, 7) is 10.7. The van der Waals surface area contributed by atoms with Gasteiger partial charge in [0.2, 0.25) is 5.91 Å². The number of amides is 1. The number of hydrogen-bond acceptors (Lipinski definition) is 3. The standard InChI is InChI=1S/C15H30N2O3/c1-5-7-9-17(6-2)10-8-14(18)16-13(15(19)20)11-12(3)4/h12-13H,5-11H2,1-4H3,(H,16,18)(H,19,20). The van der Waals surface area contributed by atoms with Crippen molar-refractivity contribution in [3.05, 3.63) is 0 Å². The molecule has 0 radical (unpaired) electrons. The molecule has 0 saturated carbocycles. The van der Waals surface area contributed by atoms with Crippen LogP contribution < -0.4 is 5.32 Å². The summed E-state index contributed by atoms with van der Waals surface area (Å²) in [5, 5.41) is 11.7. The Morgan fingerprint density at radius 1 is 1.20 bits per heavy atom. The quantitative estimate of drug-likeness (QED) is 0.610. The molecule has 2 N–H and O–H groups in total. The van der Waals surface area contributed by atoms with Crippen molar-refractivity contribution in [1.82, 2.24) is 10.2 Å². The molecule has 1 unspecified atom stereocenters. The minimum absolute atomic E-state index is 0.173. The van der Waals surface area contributed by atoms with E-state index in [2.05, 4.69) is 24.1 Å². The predicted molar refractivity (Wildman–Crippen MR) is 80.7 cm³/mol. The average Bonchev–Trinajstić information content (AvgIpc) is 2.37. The van der Waals surface area contributed by atoms with Gasteiger partial charge < -0.3 is 15.3 Å². The lowest BCUT2D eigenvalue weighted by Gasteiger charge is -2.21. The highest BCUT2D eigenvalue weighted by Crippen LogP contribution is 2.05. The normalized spacial score (nSPS) is 12.7. The smallest absolute Gasteiger partial charge is 0.326 e. The summed E-state index contributed by atoms with van der Waals surface area (Å²) in [5.74, 6) is -0.883. The van der Waals surface area contributed by atoms with Crippen molar-refractivity contribution in [3.63, 3.8) is 0 Å². The van der Waals surface area contributed by atoms with Crippen molar-refractivity contribution in [2.45, 2.75) is 59.4 Å². The Balaban J connectivity index is 4.14. The van der Waals surface area contributed by atoms with Crippen LogP contribution in [0, 0.1) is 5.92 Å². The molecule has 0 aromatic rings. The number of nitrogens with zero attached hydrogens (tertiary/aromatic N) is 1. The summed E-state index contributed by atoms with van der Waals surface area (Å²) in [6.07, 6.45) is 3.09. The third-order valence-corrected chi connectivity index (χ3v) is 3.27. The Kier molecular flexibility index (Phi) is 10.1. The molecule has 5 heteroatoms. The van der Waals surface area contributed by atoms with Gasteiger partial charge in [0, 0.05) is 13.0 Å². The fourth-order valence-electron chi connectivity index (χ4n) is 2.03. The zero-order chi connectivity index (χ0) is 15.5. The monoisotopic (exact) mass is 286 g/mol. The van der Waals surface area contributed by atoms with Crippen LogP contribution in [0.5, 0.6) is 0 Å². The molecule has 0 spiro atoms. The van der Waals surface area contributed by atoms with E-state index in [9.17, 15) is 9.59 Å². The van der Waals surface area contributed by atoms with Crippen molar-refractivity contribution in [2.24, 2.45) is 5.92 Å². The van der Waals surface area contributed by atoms with Crippen molar-refractivity contribution < 1.29 is 14.7 Å². The Labute approximate surface area is 122 Å². The van der Waals surface area contributed by atoms with Gasteiger partial charge in [0.15, 0.2) is 0 Å². The van der Waals surface area contributed by atoms with Gasteiger partial charge in [-0.25, -0.2) is 4.79 Å². The molecular weight excluding hydrogens is 256 g/mol. The number of carbonyl (C=O) groups is 2. The Morgan fingerprint density at radius 2 is 1.85 bits per heavy atom. The first-order valence-corrected chi connectivity index (χ1v) is 7.65. The lowest BCUT2D eigenvalue weighted by Crippen LogP contribution is -2.42. The predicted octanol–water partition coefficient (Wildman–Crippen LogP) is 2.11. The van der Waals surface area contributed by atoms with E-state index in [0.717, 1.165) is 25.9 Å². The molecule has 118 valence electrons. The lowest BCUT2D eigenvalue weighted by molar-refractivity contribution is -0.142. The van der Waals surface area contributed by atoms with Crippen LogP contribution >= 0.6 is 0 Å². The van der Waals surface area contributed by atoms with E-state index in [0.29, 0.717) is 19.4 Å². The van der Waals surface area contributed by atoms with E-state index < -0.39 is 12.0 Å². The SMILES string of the molecule is CCCCN(CC)CCC(=O)NC(CC(C)C)C(=O)O. The van der Waals surface area contributed by atoms with Crippen LogP contribution in [-0.4, -0.2) is 47.6 Å². The molecule has 0 aromatic carbocycles. The van der Waals surface area contributed by atoms with Crippen LogP contribution in [0.15, 0.2) is 0 Å². The Hall–Kier alpha value is -1.10. The maximum absolute atomic E-state index is 11.8. The zero-order valence-corrected chi connectivity index (χ0v) is 13.3. The number of nitrogens with one attached hydrogen (secondary N) is 1. The Bertz CT molecular complexity index is 293. The number of unbranched alkanes of at least 4 members (excludes halogenated alkanes) is 1.